The first kappa shape index (κ1) is 22.6. The summed E-state index contributed by atoms with van der Waals surface area (Å²) in [5.41, 5.74) is 1.73. The molecule has 8 heteroatoms. The van der Waals surface area contributed by atoms with Crippen LogP contribution in [-0.2, 0) is 4.79 Å². The van der Waals surface area contributed by atoms with Gasteiger partial charge in [0.15, 0.2) is 0 Å². The maximum Gasteiger partial charge on any atom is 0.324 e. The third-order valence-electron chi connectivity index (χ3n) is 5.85. The Morgan fingerprint density at radius 3 is 2.52 bits per heavy atom. The third kappa shape index (κ3) is 5.10. The topological polar surface area (TPSA) is 80.9 Å². The molecule has 1 aliphatic heterocycles. The summed E-state index contributed by atoms with van der Waals surface area (Å²) in [7, 11) is 1.63. The van der Waals surface area contributed by atoms with Gasteiger partial charge in [0.05, 0.1) is 19.6 Å². The van der Waals surface area contributed by atoms with E-state index in [2.05, 4.69) is 10.1 Å². The molecule has 8 nitrogen and oxygen atoms in total. The molecule has 4 rings (SSSR count). The Balaban J connectivity index is 1.45. The van der Waals surface area contributed by atoms with Gasteiger partial charge in [0.25, 0.3) is 0 Å². The van der Waals surface area contributed by atoms with Gasteiger partial charge >= 0.3 is 6.01 Å². The van der Waals surface area contributed by atoms with E-state index in [1.54, 1.807) is 7.11 Å². The number of methoxy groups -OCH3 is 1. The first-order chi connectivity index (χ1) is 16.1. The fraction of sp³-hybridized carbons (Fsp3) is 0.400. The molecule has 174 valence electrons. The van der Waals surface area contributed by atoms with Crippen LogP contribution in [0.1, 0.15) is 26.7 Å². The predicted octanol–water partition coefficient (Wildman–Crippen LogP) is 4.41. The van der Waals surface area contributed by atoms with Crippen LogP contribution in [0.25, 0.3) is 11.4 Å². The number of aromatic nitrogens is 2. The fourth-order valence-electron chi connectivity index (χ4n) is 4.13. The molecule has 2 aromatic carbocycles. The maximum absolute atomic E-state index is 13.4. The normalized spacial score (nSPS) is 15.8. The van der Waals surface area contributed by atoms with Crippen molar-refractivity contribution in [3.05, 3.63) is 48.5 Å². The van der Waals surface area contributed by atoms with E-state index in [9.17, 15) is 4.79 Å². The summed E-state index contributed by atoms with van der Waals surface area (Å²) in [4.78, 5) is 21.8. The minimum absolute atomic E-state index is 0.112. The Morgan fingerprint density at radius 2 is 1.85 bits per heavy atom. The molecule has 0 unspecified atom stereocenters. The van der Waals surface area contributed by atoms with Gasteiger partial charge in [0.2, 0.25) is 11.7 Å². The molecular formula is C25H30N4O4. The summed E-state index contributed by atoms with van der Waals surface area (Å²) in [5, 5.41) is 4.13. The lowest BCUT2D eigenvalue weighted by molar-refractivity contribution is -0.122. The van der Waals surface area contributed by atoms with E-state index in [1.807, 2.05) is 72.2 Å². The highest BCUT2D eigenvalue weighted by atomic mass is 16.5. The Kier molecular flexibility index (Phi) is 7.12. The average molecular weight is 451 g/mol. The van der Waals surface area contributed by atoms with Crippen molar-refractivity contribution in [3.63, 3.8) is 0 Å². The molecule has 0 aliphatic carbocycles. The molecular weight excluding hydrogens is 420 g/mol. The molecule has 1 aromatic heterocycles. The second-order valence-corrected chi connectivity index (χ2v) is 7.92. The van der Waals surface area contributed by atoms with Crippen molar-refractivity contribution in [2.24, 2.45) is 5.92 Å². The highest BCUT2D eigenvalue weighted by molar-refractivity contribution is 5.95. The molecule has 3 aromatic rings. The number of carbonyl (C=O) groups excluding carboxylic acids is 1. The van der Waals surface area contributed by atoms with Gasteiger partial charge in [0, 0.05) is 30.9 Å². The lowest BCUT2D eigenvalue weighted by Gasteiger charge is -2.33. The van der Waals surface area contributed by atoms with Crippen LogP contribution in [0.2, 0.25) is 0 Å². The van der Waals surface area contributed by atoms with E-state index >= 15 is 0 Å². The summed E-state index contributed by atoms with van der Waals surface area (Å²) >= 11 is 0. The molecule has 1 amide bonds. The second-order valence-electron chi connectivity index (χ2n) is 7.92. The van der Waals surface area contributed by atoms with Crippen molar-refractivity contribution in [2.45, 2.75) is 26.7 Å². The summed E-state index contributed by atoms with van der Waals surface area (Å²) in [5.74, 6) is 2.07. The average Bonchev–Trinajstić information content (AvgIpc) is 3.36. The van der Waals surface area contributed by atoms with Crippen LogP contribution >= 0.6 is 0 Å². The van der Waals surface area contributed by atoms with Gasteiger partial charge in [0.1, 0.15) is 11.5 Å². The van der Waals surface area contributed by atoms with Crippen molar-refractivity contribution in [2.75, 3.05) is 43.2 Å². The Bertz CT molecular complexity index is 1050. The summed E-state index contributed by atoms with van der Waals surface area (Å²) in [6.07, 6.45) is 1.72. The molecule has 1 saturated heterocycles. The highest BCUT2D eigenvalue weighted by Gasteiger charge is 2.31. The van der Waals surface area contributed by atoms with Gasteiger partial charge in [-0.25, -0.2) is 0 Å². The van der Waals surface area contributed by atoms with Crippen LogP contribution < -0.4 is 19.3 Å². The van der Waals surface area contributed by atoms with E-state index in [1.165, 1.54) is 0 Å². The molecule has 1 aliphatic rings. The molecule has 0 bridgehead atoms. The van der Waals surface area contributed by atoms with E-state index in [4.69, 9.17) is 14.0 Å². The number of hydrogen-bond donors (Lipinski definition) is 0. The monoisotopic (exact) mass is 450 g/mol. The fourth-order valence-corrected chi connectivity index (χ4v) is 4.13. The quantitative estimate of drug-likeness (QED) is 0.503. The molecule has 0 saturated carbocycles. The largest absolute Gasteiger partial charge is 0.497 e. The van der Waals surface area contributed by atoms with E-state index in [0.717, 1.165) is 42.1 Å². The van der Waals surface area contributed by atoms with Crippen molar-refractivity contribution in [3.8, 4) is 22.9 Å². The minimum atomic E-state index is -0.137. The summed E-state index contributed by atoms with van der Waals surface area (Å²) < 4.78 is 16.3. The number of piperidine rings is 1. The zero-order valence-electron chi connectivity index (χ0n) is 19.4. The lowest BCUT2D eigenvalue weighted by atomic mass is 9.96. The van der Waals surface area contributed by atoms with Crippen LogP contribution in [-0.4, -0.2) is 49.4 Å². The Labute approximate surface area is 194 Å². The number of anilines is 2. The Morgan fingerprint density at radius 1 is 1.12 bits per heavy atom. The lowest BCUT2D eigenvalue weighted by Crippen LogP contribution is -2.45. The number of amides is 1. The smallest absolute Gasteiger partial charge is 0.324 e. The SMILES string of the molecule is CCOc1ccc(N(CC)C(=O)[C@@H]2CCCN(c3nc(-c4ccc(OC)cc4)no3)C2)cc1. The number of carbonyl (C=O) groups is 1. The standard InChI is InChI=1S/C25H30N4O4/c1-4-29(20-10-14-22(15-11-20)32-5-2)24(30)19-7-6-16-28(17-19)25-26-23(27-33-25)18-8-12-21(31-3)13-9-18/h8-15,19H,4-7,16-17H2,1-3H3/t19-/m1/s1. The number of benzene rings is 2. The second kappa shape index (κ2) is 10.4. The van der Waals surface area contributed by atoms with E-state index in [-0.39, 0.29) is 11.8 Å². The van der Waals surface area contributed by atoms with Crippen LogP contribution in [0.3, 0.4) is 0 Å². The molecule has 0 N–H and O–H groups in total. The van der Waals surface area contributed by atoms with Crippen molar-refractivity contribution < 1.29 is 18.8 Å². The van der Waals surface area contributed by atoms with Crippen molar-refractivity contribution >= 4 is 17.6 Å². The zero-order chi connectivity index (χ0) is 23.2. The van der Waals surface area contributed by atoms with Gasteiger partial charge in [-0.15, -0.1) is 0 Å². The van der Waals surface area contributed by atoms with E-state index < -0.39 is 0 Å². The molecule has 1 fully saturated rings. The van der Waals surface area contributed by atoms with Gasteiger partial charge in [-0.2, -0.15) is 4.98 Å². The summed E-state index contributed by atoms with van der Waals surface area (Å²) in [6, 6.07) is 15.6. The molecule has 1 atom stereocenters. The van der Waals surface area contributed by atoms with Gasteiger partial charge in [-0.1, -0.05) is 5.16 Å². The zero-order valence-corrected chi connectivity index (χ0v) is 19.4. The minimum Gasteiger partial charge on any atom is -0.497 e. The van der Waals surface area contributed by atoms with Crippen molar-refractivity contribution in [1.82, 2.24) is 10.1 Å². The van der Waals surface area contributed by atoms with Crippen molar-refractivity contribution in [1.29, 1.82) is 0 Å². The Hall–Kier alpha value is -3.55. The maximum atomic E-state index is 13.4. The van der Waals surface area contributed by atoms with E-state index in [0.29, 0.717) is 31.5 Å². The van der Waals surface area contributed by atoms with Crippen LogP contribution in [0.4, 0.5) is 11.7 Å². The third-order valence-corrected chi connectivity index (χ3v) is 5.85. The molecule has 0 spiro atoms. The number of nitrogens with zero attached hydrogens (tertiary/aromatic N) is 4. The van der Waals surface area contributed by atoms with Crippen LogP contribution in [0.15, 0.2) is 53.1 Å². The predicted molar refractivity (Wildman–Crippen MR) is 127 cm³/mol. The van der Waals surface area contributed by atoms with Crippen LogP contribution in [0.5, 0.6) is 11.5 Å². The van der Waals surface area contributed by atoms with Gasteiger partial charge in [-0.05, 0) is 75.2 Å². The molecule has 0 radical (unpaired) electrons. The van der Waals surface area contributed by atoms with Gasteiger partial charge in [-0.3, -0.25) is 4.79 Å². The molecule has 2 heterocycles. The number of ether oxygens (including phenoxy) is 2. The summed E-state index contributed by atoms with van der Waals surface area (Å²) in [6.45, 7) is 6.50. The molecule has 33 heavy (non-hydrogen) atoms. The number of hydrogen-bond acceptors (Lipinski definition) is 7. The van der Waals surface area contributed by atoms with Crippen LogP contribution in [0, 0.1) is 5.92 Å². The van der Waals surface area contributed by atoms with Gasteiger partial charge < -0.3 is 23.8 Å². The first-order valence-corrected chi connectivity index (χ1v) is 11.4. The first-order valence-electron chi connectivity index (χ1n) is 11.4. The highest BCUT2D eigenvalue weighted by Crippen LogP contribution is 2.28. The number of rotatable bonds is 8.